The molecule has 2 amide bonds. The largest absolute Gasteiger partial charge is 0.321 e. The molecule has 1 aromatic carbocycles. The van der Waals surface area contributed by atoms with Crippen LogP contribution >= 0.6 is 0 Å². The van der Waals surface area contributed by atoms with E-state index in [4.69, 9.17) is 0 Å². The van der Waals surface area contributed by atoms with Crippen molar-refractivity contribution in [1.29, 1.82) is 0 Å². The second kappa shape index (κ2) is 6.60. The molecular formula is C17H24N2O. The number of piperidine rings is 1. The molecule has 0 aromatic heterocycles. The molecule has 20 heavy (non-hydrogen) atoms. The smallest absolute Gasteiger partial charge is 0.319 e. The van der Waals surface area contributed by atoms with Crippen molar-refractivity contribution in [2.24, 2.45) is 0 Å². The lowest BCUT2D eigenvalue weighted by molar-refractivity contribution is 0.126. The predicted molar refractivity (Wildman–Crippen MR) is 83.4 cm³/mol. The van der Waals surface area contributed by atoms with Crippen molar-refractivity contribution >= 4 is 12.1 Å². The van der Waals surface area contributed by atoms with Gasteiger partial charge in [0.15, 0.2) is 0 Å². The Bertz CT molecular complexity index is 486. The highest BCUT2D eigenvalue weighted by molar-refractivity contribution is 5.77. The Morgan fingerprint density at radius 2 is 1.90 bits per heavy atom. The first-order valence-electron chi connectivity index (χ1n) is 7.40. The molecule has 1 aromatic rings. The van der Waals surface area contributed by atoms with Crippen molar-refractivity contribution in [3.63, 3.8) is 0 Å². The number of nitrogens with zero attached hydrogens (tertiary/aromatic N) is 1. The fraction of sp³-hybridized carbons (Fsp3) is 0.471. The summed E-state index contributed by atoms with van der Waals surface area (Å²) in [7, 11) is 0. The normalized spacial score (nSPS) is 23.1. The number of rotatable bonds is 2. The van der Waals surface area contributed by atoms with Gasteiger partial charge in [0.1, 0.15) is 0 Å². The van der Waals surface area contributed by atoms with Gasteiger partial charge < -0.3 is 10.2 Å². The fourth-order valence-corrected chi connectivity index (χ4v) is 2.87. The molecule has 2 rings (SSSR count). The van der Waals surface area contributed by atoms with Crippen molar-refractivity contribution < 1.29 is 4.79 Å². The summed E-state index contributed by atoms with van der Waals surface area (Å²) in [4.78, 5) is 14.2. The lowest BCUT2D eigenvalue weighted by Crippen LogP contribution is -2.50. The maximum Gasteiger partial charge on any atom is 0.321 e. The lowest BCUT2D eigenvalue weighted by atomic mass is 9.98. The highest BCUT2D eigenvalue weighted by atomic mass is 16.2. The number of carbonyl (C=O) groups is 1. The molecular weight excluding hydrogens is 248 g/mol. The van der Waals surface area contributed by atoms with E-state index in [1.807, 2.05) is 29.2 Å². The molecule has 2 atom stereocenters. The minimum absolute atomic E-state index is 0.00883. The molecule has 1 saturated heterocycles. The fourth-order valence-electron chi connectivity index (χ4n) is 2.87. The second-order valence-electron chi connectivity index (χ2n) is 5.68. The minimum Gasteiger partial charge on any atom is -0.319 e. The summed E-state index contributed by atoms with van der Waals surface area (Å²) in [5.41, 5.74) is 2.34. The highest BCUT2D eigenvalue weighted by Crippen LogP contribution is 2.22. The minimum atomic E-state index is 0.00883. The molecule has 2 unspecified atom stereocenters. The first kappa shape index (κ1) is 14.6. The topological polar surface area (TPSA) is 32.3 Å². The van der Waals surface area contributed by atoms with E-state index in [0.29, 0.717) is 12.1 Å². The molecule has 0 bridgehead atoms. The van der Waals surface area contributed by atoms with Crippen LogP contribution in [0.1, 0.15) is 44.2 Å². The molecule has 108 valence electrons. The van der Waals surface area contributed by atoms with Crippen LogP contribution in [0.2, 0.25) is 0 Å². The third-order valence-corrected chi connectivity index (χ3v) is 4.09. The lowest BCUT2D eigenvalue weighted by Gasteiger charge is -2.38. The van der Waals surface area contributed by atoms with E-state index in [1.165, 1.54) is 12.0 Å². The Balaban J connectivity index is 1.96. The zero-order chi connectivity index (χ0) is 14.5. The van der Waals surface area contributed by atoms with Gasteiger partial charge in [-0.15, -0.1) is 0 Å². The van der Waals surface area contributed by atoms with Crippen LogP contribution in [0.15, 0.2) is 30.5 Å². The summed E-state index contributed by atoms with van der Waals surface area (Å²) in [5, 5.41) is 2.90. The van der Waals surface area contributed by atoms with Gasteiger partial charge in [0.25, 0.3) is 0 Å². The summed E-state index contributed by atoms with van der Waals surface area (Å²) >= 11 is 0. The van der Waals surface area contributed by atoms with E-state index in [1.54, 1.807) is 6.20 Å². The van der Waals surface area contributed by atoms with Crippen LogP contribution in [0, 0.1) is 6.92 Å². The van der Waals surface area contributed by atoms with E-state index < -0.39 is 0 Å². The van der Waals surface area contributed by atoms with E-state index in [0.717, 1.165) is 18.4 Å². The molecule has 1 heterocycles. The number of amides is 2. The molecule has 1 fully saturated rings. The molecule has 1 aliphatic heterocycles. The number of hydrogen-bond donors (Lipinski definition) is 1. The zero-order valence-electron chi connectivity index (χ0n) is 12.6. The van der Waals surface area contributed by atoms with Crippen LogP contribution in [-0.4, -0.2) is 23.0 Å². The van der Waals surface area contributed by atoms with Gasteiger partial charge >= 0.3 is 6.03 Å². The molecule has 3 nitrogen and oxygen atoms in total. The number of likely N-dealkylation sites (tertiary alicyclic amines) is 1. The van der Waals surface area contributed by atoms with Gasteiger partial charge in [0, 0.05) is 18.3 Å². The van der Waals surface area contributed by atoms with E-state index in [9.17, 15) is 4.79 Å². The van der Waals surface area contributed by atoms with Gasteiger partial charge in [-0.2, -0.15) is 0 Å². The van der Waals surface area contributed by atoms with Gasteiger partial charge in [-0.25, -0.2) is 4.79 Å². The first-order chi connectivity index (χ1) is 9.59. The number of benzene rings is 1. The van der Waals surface area contributed by atoms with Crippen molar-refractivity contribution in [3.8, 4) is 0 Å². The maximum absolute atomic E-state index is 12.3. The van der Waals surface area contributed by atoms with Gasteiger partial charge in [-0.3, -0.25) is 0 Å². The summed E-state index contributed by atoms with van der Waals surface area (Å²) in [6.45, 7) is 6.32. The molecule has 0 saturated carbocycles. The second-order valence-corrected chi connectivity index (χ2v) is 5.68. The Morgan fingerprint density at radius 3 is 2.55 bits per heavy atom. The van der Waals surface area contributed by atoms with Crippen LogP contribution in [0.4, 0.5) is 4.79 Å². The summed E-state index contributed by atoms with van der Waals surface area (Å²) in [5.74, 6) is 0. The van der Waals surface area contributed by atoms with Crippen LogP contribution in [-0.2, 0) is 0 Å². The summed E-state index contributed by atoms with van der Waals surface area (Å²) in [6, 6.07) is 8.79. The molecule has 1 aliphatic rings. The molecule has 0 radical (unpaired) electrons. The third kappa shape index (κ3) is 3.41. The number of urea groups is 1. The third-order valence-electron chi connectivity index (χ3n) is 4.09. The monoisotopic (exact) mass is 272 g/mol. The van der Waals surface area contributed by atoms with E-state index in [-0.39, 0.29) is 6.03 Å². The highest BCUT2D eigenvalue weighted by Gasteiger charge is 2.28. The predicted octanol–water partition coefficient (Wildman–Crippen LogP) is 3.94. The number of hydrogen-bond acceptors (Lipinski definition) is 1. The molecule has 1 N–H and O–H groups in total. The number of aryl methyl sites for hydroxylation is 1. The van der Waals surface area contributed by atoms with Crippen molar-refractivity contribution in [3.05, 3.63) is 41.6 Å². The zero-order valence-corrected chi connectivity index (χ0v) is 12.6. The van der Waals surface area contributed by atoms with Gasteiger partial charge in [0.2, 0.25) is 0 Å². The Hall–Kier alpha value is -1.77. The molecule has 3 heteroatoms. The Kier molecular flexibility index (Phi) is 4.83. The van der Waals surface area contributed by atoms with Gasteiger partial charge in [-0.05, 0) is 57.2 Å². The average Bonchev–Trinajstić information content (AvgIpc) is 2.41. The number of nitrogens with one attached hydrogen (secondary N) is 1. The Labute approximate surface area is 121 Å². The Morgan fingerprint density at radius 1 is 1.25 bits per heavy atom. The SMILES string of the molecule is Cc1ccccc1/C=C/NC(=O)N1C(C)CCCC1C. The van der Waals surface area contributed by atoms with Gasteiger partial charge in [-0.1, -0.05) is 24.3 Å². The van der Waals surface area contributed by atoms with Crippen molar-refractivity contribution in [1.82, 2.24) is 10.2 Å². The first-order valence-corrected chi connectivity index (χ1v) is 7.40. The van der Waals surface area contributed by atoms with Gasteiger partial charge in [0.05, 0.1) is 0 Å². The van der Waals surface area contributed by atoms with Crippen LogP contribution in [0.3, 0.4) is 0 Å². The van der Waals surface area contributed by atoms with Crippen LogP contribution < -0.4 is 5.32 Å². The maximum atomic E-state index is 12.3. The van der Waals surface area contributed by atoms with Crippen molar-refractivity contribution in [2.75, 3.05) is 0 Å². The van der Waals surface area contributed by atoms with Crippen molar-refractivity contribution in [2.45, 2.75) is 52.1 Å². The molecule has 0 aliphatic carbocycles. The summed E-state index contributed by atoms with van der Waals surface area (Å²) in [6.07, 6.45) is 7.11. The van der Waals surface area contributed by atoms with E-state index in [2.05, 4.69) is 32.2 Å². The standard InChI is InChI=1S/C17H24N2O/c1-13-7-4-5-10-16(13)11-12-18-17(20)19-14(2)8-6-9-15(19)3/h4-5,7,10-12,14-15H,6,8-9H2,1-3H3,(H,18,20)/b12-11+. The van der Waals surface area contributed by atoms with Crippen LogP contribution in [0.5, 0.6) is 0 Å². The average molecular weight is 272 g/mol. The van der Waals surface area contributed by atoms with Crippen LogP contribution in [0.25, 0.3) is 6.08 Å². The number of carbonyl (C=O) groups excluding carboxylic acids is 1. The summed E-state index contributed by atoms with van der Waals surface area (Å²) < 4.78 is 0. The molecule has 0 spiro atoms. The van der Waals surface area contributed by atoms with E-state index >= 15 is 0 Å². The quantitative estimate of drug-likeness (QED) is 0.869.